The van der Waals surface area contributed by atoms with Crippen LogP contribution in [0.4, 0.5) is 0 Å². The second-order valence-corrected chi connectivity index (χ2v) is 9.51. The van der Waals surface area contributed by atoms with E-state index in [9.17, 15) is 13.2 Å². The van der Waals surface area contributed by atoms with Crippen LogP contribution in [0.2, 0.25) is 0 Å². The maximum atomic E-state index is 12.1. The number of hydrogen-bond donors (Lipinski definition) is 2. The summed E-state index contributed by atoms with van der Waals surface area (Å²) in [5, 5.41) is 0.923. The first-order valence-corrected chi connectivity index (χ1v) is 11.0. The quantitative estimate of drug-likeness (QED) is 0.704. The van der Waals surface area contributed by atoms with E-state index in [0.29, 0.717) is 23.9 Å². The van der Waals surface area contributed by atoms with Crippen LogP contribution in [0.15, 0.2) is 42.6 Å². The Balaban J connectivity index is 1.82. The van der Waals surface area contributed by atoms with Crippen molar-refractivity contribution in [3.63, 3.8) is 0 Å². The highest BCUT2D eigenvalue weighted by Gasteiger charge is 2.27. The van der Waals surface area contributed by atoms with E-state index in [0.717, 1.165) is 27.8 Å². The van der Waals surface area contributed by atoms with Gasteiger partial charge in [-0.25, -0.2) is 8.42 Å². The van der Waals surface area contributed by atoms with Crippen molar-refractivity contribution in [2.75, 3.05) is 18.6 Å². The monoisotopic (exact) mass is 398 g/mol. The van der Waals surface area contributed by atoms with E-state index >= 15 is 0 Å². The molecule has 1 aliphatic rings. The van der Waals surface area contributed by atoms with E-state index in [4.69, 9.17) is 10.5 Å². The number of fused-ring (bicyclic) bond motifs is 1. The highest BCUT2D eigenvalue weighted by molar-refractivity contribution is 7.91. The van der Waals surface area contributed by atoms with Gasteiger partial charge in [-0.05, 0) is 59.7 Å². The summed E-state index contributed by atoms with van der Waals surface area (Å²) in [4.78, 5) is 15.3. The minimum absolute atomic E-state index is 0.143. The molecule has 1 aliphatic heterocycles. The molecule has 3 aromatic rings. The summed E-state index contributed by atoms with van der Waals surface area (Å²) in [6.45, 7) is 0. The minimum atomic E-state index is -2.94. The summed E-state index contributed by atoms with van der Waals surface area (Å²) in [5.41, 5.74) is 9.64. The Hall–Kier alpha value is -2.80. The number of amides is 1. The van der Waals surface area contributed by atoms with Crippen LogP contribution in [0.1, 0.15) is 34.7 Å². The van der Waals surface area contributed by atoms with E-state index in [1.165, 1.54) is 0 Å². The van der Waals surface area contributed by atoms with Gasteiger partial charge in [-0.2, -0.15) is 0 Å². The normalized spacial score (nSPS) is 16.9. The van der Waals surface area contributed by atoms with Crippen molar-refractivity contribution in [3.05, 3.63) is 53.7 Å². The minimum Gasteiger partial charge on any atom is -0.497 e. The van der Waals surface area contributed by atoms with Crippen molar-refractivity contribution >= 4 is 26.6 Å². The summed E-state index contributed by atoms with van der Waals surface area (Å²) < 4.78 is 28.8. The Morgan fingerprint density at radius 3 is 2.39 bits per heavy atom. The number of sulfone groups is 1. The molecule has 0 unspecified atom stereocenters. The molecule has 7 heteroatoms. The molecule has 0 spiro atoms. The van der Waals surface area contributed by atoms with Gasteiger partial charge in [0.05, 0.1) is 29.7 Å². The predicted octanol–water partition coefficient (Wildman–Crippen LogP) is 3.23. The molecule has 0 saturated carbocycles. The number of ether oxygens (including phenoxy) is 1. The molecule has 28 heavy (non-hydrogen) atoms. The van der Waals surface area contributed by atoms with Crippen molar-refractivity contribution in [2.45, 2.75) is 18.8 Å². The first-order valence-electron chi connectivity index (χ1n) is 9.17. The number of carbonyl (C=O) groups is 1. The van der Waals surface area contributed by atoms with E-state index in [-0.39, 0.29) is 17.4 Å². The van der Waals surface area contributed by atoms with Gasteiger partial charge in [0, 0.05) is 11.6 Å². The third kappa shape index (κ3) is 3.38. The zero-order valence-corrected chi connectivity index (χ0v) is 16.4. The Kier molecular flexibility index (Phi) is 4.63. The lowest BCUT2D eigenvalue weighted by Gasteiger charge is -2.21. The third-order valence-electron chi connectivity index (χ3n) is 5.50. The number of H-pyrrole nitrogens is 1. The van der Waals surface area contributed by atoms with Gasteiger partial charge in [0.15, 0.2) is 0 Å². The second-order valence-electron chi connectivity index (χ2n) is 7.21. The number of aromatic nitrogens is 1. The largest absolute Gasteiger partial charge is 0.497 e. The first-order chi connectivity index (χ1) is 13.4. The summed E-state index contributed by atoms with van der Waals surface area (Å²) >= 11 is 0. The van der Waals surface area contributed by atoms with Gasteiger partial charge in [-0.3, -0.25) is 4.79 Å². The molecule has 1 aromatic heterocycles. The van der Waals surface area contributed by atoms with Crippen LogP contribution in [0.5, 0.6) is 5.75 Å². The lowest BCUT2D eigenvalue weighted by molar-refractivity contribution is 0.100. The van der Waals surface area contributed by atoms with Crippen LogP contribution >= 0.6 is 0 Å². The summed E-state index contributed by atoms with van der Waals surface area (Å²) in [6, 6.07) is 11.4. The number of nitrogens with two attached hydrogens (primary N) is 1. The molecule has 0 aliphatic carbocycles. The van der Waals surface area contributed by atoms with Crippen LogP contribution in [-0.2, 0) is 9.84 Å². The molecule has 1 fully saturated rings. The van der Waals surface area contributed by atoms with Crippen LogP contribution < -0.4 is 10.5 Å². The zero-order chi connectivity index (χ0) is 19.9. The molecule has 3 N–H and O–H groups in total. The van der Waals surface area contributed by atoms with Crippen molar-refractivity contribution < 1.29 is 17.9 Å². The highest BCUT2D eigenvalue weighted by atomic mass is 32.2. The van der Waals surface area contributed by atoms with E-state index in [2.05, 4.69) is 4.98 Å². The summed E-state index contributed by atoms with van der Waals surface area (Å²) in [6.07, 6.45) is 3.07. The summed E-state index contributed by atoms with van der Waals surface area (Å²) in [7, 11) is -1.32. The zero-order valence-electron chi connectivity index (χ0n) is 15.6. The van der Waals surface area contributed by atoms with Crippen LogP contribution in [0.25, 0.3) is 22.0 Å². The van der Waals surface area contributed by atoms with Crippen LogP contribution in [0.3, 0.4) is 0 Å². The Morgan fingerprint density at radius 1 is 1.11 bits per heavy atom. The fraction of sp³-hybridized carbons (Fsp3) is 0.286. The maximum absolute atomic E-state index is 12.1. The van der Waals surface area contributed by atoms with Crippen LogP contribution in [0, 0.1) is 0 Å². The smallest absolute Gasteiger partial charge is 0.250 e. The van der Waals surface area contributed by atoms with Gasteiger partial charge in [-0.1, -0.05) is 12.1 Å². The fourth-order valence-corrected chi connectivity index (χ4v) is 5.43. The predicted molar refractivity (Wildman–Crippen MR) is 109 cm³/mol. The number of aromatic amines is 1. The molecule has 1 saturated heterocycles. The van der Waals surface area contributed by atoms with Gasteiger partial charge in [0.25, 0.3) is 5.91 Å². The van der Waals surface area contributed by atoms with Gasteiger partial charge in [0.1, 0.15) is 15.6 Å². The maximum Gasteiger partial charge on any atom is 0.250 e. The van der Waals surface area contributed by atoms with Crippen LogP contribution in [-0.4, -0.2) is 37.9 Å². The van der Waals surface area contributed by atoms with Crippen molar-refractivity contribution in [2.24, 2.45) is 5.73 Å². The third-order valence-corrected chi connectivity index (χ3v) is 7.22. The Bertz CT molecular complexity index is 1130. The Morgan fingerprint density at radius 2 is 1.79 bits per heavy atom. The molecule has 2 heterocycles. The molecule has 146 valence electrons. The average molecular weight is 398 g/mol. The fourth-order valence-electron chi connectivity index (χ4n) is 3.94. The lowest BCUT2D eigenvalue weighted by Crippen LogP contribution is -2.22. The molecular formula is C21H22N2O4S. The van der Waals surface area contributed by atoms with E-state index < -0.39 is 15.7 Å². The molecule has 2 aromatic carbocycles. The van der Waals surface area contributed by atoms with E-state index in [1.54, 1.807) is 13.2 Å². The SMILES string of the molecule is COc1ccc(-c2cc(C(N)=O)c3[nH]cc(C4CCS(=O)(=O)CC4)c3c2)cc1. The van der Waals surface area contributed by atoms with Crippen molar-refractivity contribution in [1.29, 1.82) is 0 Å². The lowest BCUT2D eigenvalue weighted by atomic mass is 9.91. The molecule has 0 radical (unpaired) electrons. The van der Waals surface area contributed by atoms with Gasteiger partial charge in [0.2, 0.25) is 0 Å². The van der Waals surface area contributed by atoms with Gasteiger partial charge in [-0.15, -0.1) is 0 Å². The highest BCUT2D eigenvalue weighted by Crippen LogP contribution is 2.37. The van der Waals surface area contributed by atoms with Crippen molar-refractivity contribution in [3.8, 4) is 16.9 Å². The summed E-state index contributed by atoms with van der Waals surface area (Å²) in [5.74, 6) is 0.797. The molecule has 1 amide bonds. The number of nitrogens with one attached hydrogen (secondary N) is 1. The average Bonchev–Trinajstić information content (AvgIpc) is 3.11. The van der Waals surface area contributed by atoms with Gasteiger partial charge < -0.3 is 15.5 Å². The second kappa shape index (κ2) is 6.98. The number of primary amides is 1. The standard InChI is InChI=1S/C21H22N2O4S/c1-27-16-4-2-13(3-5-16)15-10-17-19(14-6-8-28(25,26)9-7-14)12-23-20(17)18(11-15)21(22)24/h2-5,10-12,14,23H,6-9H2,1H3,(H2,22,24). The molecular weight excluding hydrogens is 376 g/mol. The molecule has 0 bridgehead atoms. The number of methoxy groups -OCH3 is 1. The molecule has 6 nitrogen and oxygen atoms in total. The molecule has 0 atom stereocenters. The molecule has 4 rings (SSSR count). The number of rotatable bonds is 4. The van der Waals surface area contributed by atoms with Crippen molar-refractivity contribution in [1.82, 2.24) is 4.98 Å². The number of benzene rings is 2. The number of hydrogen-bond acceptors (Lipinski definition) is 4. The van der Waals surface area contributed by atoms with E-state index in [1.807, 2.05) is 36.5 Å². The first kappa shape index (κ1) is 18.6. The van der Waals surface area contributed by atoms with Gasteiger partial charge >= 0.3 is 0 Å². The Labute approximate surface area is 163 Å². The number of carbonyl (C=O) groups excluding carboxylic acids is 1. The topological polar surface area (TPSA) is 102 Å².